The van der Waals surface area contributed by atoms with Crippen molar-refractivity contribution in [2.45, 2.75) is 0 Å². The van der Waals surface area contributed by atoms with Gasteiger partial charge in [-0.05, 0) is 0 Å². The van der Waals surface area contributed by atoms with Gasteiger partial charge in [-0.2, -0.15) is 10.2 Å². The number of aromatic amines is 1. The molecule has 0 radical (unpaired) electrons. The highest BCUT2D eigenvalue weighted by molar-refractivity contribution is 6.19. The molecule has 0 amide bonds. The van der Waals surface area contributed by atoms with Crippen LogP contribution in [0.4, 0.5) is 17.3 Å². The molecule has 8 nitrogen and oxygen atoms in total. The fraction of sp³-hybridized carbons (Fsp3) is 0. The number of anilines is 2. The number of aromatic nitrogens is 4. The predicted molar refractivity (Wildman–Crippen MR) is 80.3 cm³/mol. The largest absolute Gasteiger partial charge is 0.382 e. The van der Waals surface area contributed by atoms with Gasteiger partial charge in [0, 0.05) is 10.8 Å². The minimum atomic E-state index is 0.204. The Bertz CT molecular complexity index is 1030. The van der Waals surface area contributed by atoms with E-state index in [0.717, 1.165) is 10.8 Å². The molecule has 0 saturated carbocycles. The van der Waals surface area contributed by atoms with Gasteiger partial charge in [-0.25, -0.2) is 15.5 Å². The maximum Gasteiger partial charge on any atom is 0.172 e. The van der Waals surface area contributed by atoms with Gasteiger partial charge in [-0.1, -0.05) is 24.3 Å². The molecule has 0 atom stereocenters. The summed E-state index contributed by atoms with van der Waals surface area (Å²) in [6.45, 7) is 0. The van der Waals surface area contributed by atoms with Crippen molar-refractivity contribution in [3.63, 3.8) is 0 Å². The Morgan fingerprint density at radius 1 is 0.952 bits per heavy atom. The highest BCUT2D eigenvalue weighted by Gasteiger charge is 2.17. The van der Waals surface area contributed by atoms with Crippen molar-refractivity contribution < 1.29 is 0 Å². The Kier molecular flexibility index (Phi) is 2.12. The summed E-state index contributed by atoms with van der Waals surface area (Å²) in [4.78, 5) is 9.04. The number of fused-ring (bicyclic) bond motifs is 4. The molecule has 0 aliphatic carbocycles. The van der Waals surface area contributed by atoms with Gasteiger partial charge in [0.25, 0.3) is 0 Å². The van der Waals surface area contributed by atoms with E-state index < -0.39 is 0 Å². The first-order valence-electron chi connectivity index (χ1n) is 6.19. The minimum Gasteiger partial charge on any atom is -0.382 e. The van der Waals surface area contributed by atoms with Gasteiger partial charge in [0.1, 0.15) is 28.1 Å². The molecule has 4 aromatic rings. The molecule has 8 heteroatoms. The first-order valence-corrected chi connectivity index (χ1v) is 6.19. The number of nitrogen functional groups attached to an aromatic ring is 2. The van der Waals surface area contributed by atoms with Crippen LogP contribution in [0.25, 0.3) is 32.8 Å². The molecule has 4 rings (SSSR count). The number of nitrogens with two attached hydrogens (primary N) is 2. The van der Waals surface area contributed by atoms with Crippen LogP contribution < -0.4 is 11.5 Å². The van der Waals surface area contributed by atoms with Gasteiger partial charge in [0.05, 0.1) is 5.52 Å². The SMILES string of the molecule is N=Nc1c2ccccc2c2nc3c(N)[nH]nc(N)c3nc12. The highest BCUT2D eigenvalue weighted by atomic mass is 15.2. The number of nitrogens with one attached hydrogen (secondary N) is 2. The standard InChI is InChI=1S/C13H10N8/c14-12-10-11(13(15)21-20-12)18-9-7(17-10)5-3-1-2-4-6(5)8(9)19-16/h1-4,16,20H,14H2,(H2,15,21). The average molecular weight is 278 g/mol. The zero-order chi connectivity index (χ0) is 14.6. The quantitative estimate of drug-likeness (QED) is 0.395. The van der Waals surface area contributed by atoms with Crippen molar-refractivity contribution in [2.24, 2.45) is 5.11 Å². The summed E-state index contributed by atoms with van der Waals surface area (Å²) in [5, 5.41) is 11.8. The van der Waals surface area contributed by atoms with Gasteiger partial charge in [-0.3, -0.25) is 5.10 Å². The second-order valence-corrected chi connectivity index (χ2v) is 4.65. The van der Waals surface area contributed by atoms with E-state index in [2.05, 4.69) is 25.3 Å². The zero-order valence-electron chi connectivity index (χ0n) is 10.8. The van der Waals surface area contributed by atoms with Crippen LogP contribution in [0.15, 0.2) is 29.4 Å². The lowest BCUT2D eigenvalue weighted by atomic mass is 10.2. The van der Waals surface area contributed by atoms with Crippen molar-refractivity contribution in [2.75, 3.05) is 11.5 Å². The van der Waals surface area contributed by atoms with Crippen LogP contribution in [0.5, 0.6) is 0 Å². The summed E-state index contributed by atoms with van der Waals surface area (Å²) in [7, 11) is 0. The number of benzene rings is 1. The van der Waals surface area contributed by atoms with E-state index in [4.69, 9.17) is 17.0 Å². The van der Waals surface area contributed by atoms with Crippen molar-refractivity contribution in [3.05, 3.63) is 24.3 Å². The molecule has 0 fully saturated rings. The van der Waals surface area contributed by atoms with E-state index >= 15 is 0 Å². The molecule has 0 aliphatic rings. The molecular weight excluding hydrogens is 268 g/mol. The lowest BCUT2D eigenvalue weighted by molar-refractivity contribution is 1.06. The maximum atomic E-state index is 7.41. The van der Waals surface area contributed by atoms with E-state index in [1.165, 1.54) is 0 Å². The third-order valence-corrected chi connectivity index (χ3v) is 3.46. The summed E-state index contributed by atoms with van der Waals surface area (Å²) >= 11 is 0. The number of hydrogen-bond donors (Lipinski definition) is 4. The highest BCUT2D eigenvalue weighted by Crippen LogP contribution is 2.39. The molecular formula is C13H10N8. The number of rotatable bonds is 1. The summed E-state index contributed by atoms with van der Waals surface area (Å²) in [5.74, 6) is 0.498. The fourth-order valence-corrected chi connectivity index (χ4v) is 2.52. The number of nitrogens with zero attached hydrogens (tertiary/aromatic N) is 4. The van der Waals surface area contributed by atoms with Gasteiger partial charge in [-0.15, -0.1) is 0 Å². The van der Waals surface area contributed by atoms with E-state index in [-0.39, 0.29) is 5.82 Å². The molecule has 21 heavy (non-hydrogen) atoms. The Labute approximate surface area is 117 Å². The van der Waals surface area contributed by atoms with Crippen LogP contribution in [0, 0.1) is 5.53 Å². The molecule has 0 spiro atoms. The Morgan fingerprint density at radius 2 is 1.67 bits per heavy atom. The summed E-state index contributed by atoms with van der Waals surface area (Å²) < 4.78 is 0. The molecule has 0 bridgehead atoms. The number of hydrogen-bond acceptors (Lipinski definition) is 7. The van der Waals surface area contributed by atoms with Crippen LogP contribution >= 0.6 is 0 Å². The van der Waals surface area contributed by atoms with Gasteiger partial charge in [0.15, 0.2) is 5.82 Å². The first-order chi connectivity index (χ1) is 10.2. The first kappa shape index (κ1) is 11.5. The minimum absolute atomic E-state index is 0.204. The van der Waals surface area contributed by atoms with Crippen LogP contribution in [0.1, 0.15) is 0 Å². The number of H-pyrrole nitrogens is 1. The fourth-order valence-electron chi connectivity index (χ4n) is 2.52. The molecule has 0 saturated heterocycles. The van der Waals surface area contributed by atoms with E-state index in [1.807, 2.05) is 24.3 Å². The van der Waals surface area contributed by atoms with Crippen molar-refractivity contribution in [1.82, 2.24) is 20.2 Å². The van der Waals surface area contributed by atoms with E-state index in [0.29, 0.717) is 33.6 Å². The summed E-state index contributed by atoms with van der Waals surface area (Å²) in [5.41, 5.74) is 21.6. The van der Waals surface area contributed by atoms with Crippen molar-refractivity contribution >= 4 is 50.2 Å². The topological polar surface area (TPSA) is 143 Å². The Hall–Kier alpha value is -3.29. The molecule has 6 N–H and O–H groups in total. The van der Waals surface area contributed by atoms with Crippen molar-refractivity contribution in [3.8, 4) is 0 Å². The summed E-state index contributed by atoms with van der Waals surface area (Å²) in [6.07, 6.45) is 0. The second-order valence-electron chi connectivity index (χ2n) is 4.65. The molecule has 2 heterocycles. The van der Waals surface area contributed by atoms with Gasteiger partial charge < -0.3 is 11.5 Å². The molecule has 2 aromatic carbocycles. The molecule has 0 unspecified atom stereocenters. The van der Waals surface area contributed by atoms with Crippen LogP contribution in [0.3, 0.4) is 0 Å². The smallest absolute Gasteiger partial charge is 0.172 e. The normalized spacial score (nSPS) is 11.4. The molecule has 2 aromatic heterocycles. The van der Waals surface area contributed by atoms with Crippen molar-refractivity contribution in [1.29, 1.82) is 5.53 Å². The third kappa shape index (κ3) is 1.41. The van der Waals surface area contributed by atoms with Crippen LogP contribution in [-0.2, 0) is 0 Å². The third-order valence-electron chi connectivity index (χ3n) is 3.46. The Balaban J connectivity index is 2.33. The zero-order valence-corrected chi connectivity index (χ0v) is 10.8. The maximum absolute atomic E-state index is 7.41. The monoisotopic (exact) mass is 278 g/mol. The lowest BCUT2D eigenvalue weighted by Crippen LogP contribution is -2.02. The second kappa shape index (κ2) is 3.85. The lowest BCUT2D eigenvalue weighted by Gasteiger charge is -2.03. The summed E-state index contributed by atoms with van der Waals surface area (Å²) in [6, 6.07) is 7.58. The molecule has 0 aliphatic heterocycles. The molecule has 102 valence electrons. The van der Waals surface area contributed by atoms with Crippen LogP contribution in [-0.4, -0.2) is 20.2 Å². The van der Waals surface area contributed by atoms with Crippen LogP contribution in [0.2, 0.25) is 0 Å². The van der Waals surface area contributed by atoms with Gasteiger partial charge in [0.2, 0.25) is 0 Å². The average Bonchev–Trinajstić information content (AvgIpc) is 2.83. The predicted octanol–water partition coefficient (Wildman–Crippen LogP) is 2.49. The van der Waals surface area contributed by atoms with E-state index in [1.54, 1.807) is 0 Å². The van der Waals surface area contributed by atoms with Gasteiger partial charge >= 0.3 is 0 Å². The van der Waals surface area contributed by atoms with E-state index in [9.17, 15) is 0 Å². The Morgan fingerprint density at radius 3 is 2.43 bits per heavy atom.